The van der Waals surface area contributed by atoms with Gasteiger partial charge in [-0.25, -0.2) is 9.98 Å². The van der Waals surface area contributed by atoms with Crippen LogP contribution < -0.4 is 21.3 Å². The SMILES string of the molecule is C=c1nc2c(c(=O)[nH]1)=Nc1cc(C)c(C)cc1N2CCN(CCCC(=O)OC(C)C)Cc1ccccc1. The summed E-state index contributed by atoms with van der Waals surface area (Å²) >= 11 is 0. The van der Waals surface area contributed by atoms with Gasteiger partial charge in [-0.3, -0.25) is 14.5 Å². The topological polar surface area (TPSA) is 90.9 Å². The number of nitrogens with one attached hydrogen (secondary N) is 1. The summed E-state index contributed by atoms with van der Waals surface area (Å²) in [5, 5.41) is 0.300. The zero-order valence-corrected chi connectivity index (χ0v) is 22.1. The van der Waals surface area contributed by atoms with Crippen molar-refractivity contribution < 1.29 is 9.53 Å². The number of aryl methyl sites for hydroxylation is 2. The molecule has 37 heavy (non-hydrogen) atoms. The lowest BCUT2D eigenvalue weighted by Gasteiger charge is -2.31. The maximum Gasteiger partial charge on any atom is 0.306 e. The molecule has 4 rings (SSSR count). The van der Waals surface area contributed by atoms with Gasteiger partial charge in [-0.1, -0.05) is 36.9 Å². The van der Waals surface area contributed by atoms with Crippen molar-refractivity contribution >= 4 is 29.7 Å². The van der Waals surface area contributed by atoms with Crippen molar-refractivity contribution in [2.75, 3.05) is 24.5 Å². The molecule has 8 heteroatoms. The predicted octanol–water partition coefficient (Wildman–Crippen LogP) is 3.43. The third-order valence-corrected chi connectivity index (χ3v) is 6.41. The van der Waals surface area contributed by atoms with E-state index in [1.807, 2.05) is 45.0 Å². The summed E-state index contributed by atoms with van der Waals surface area (Å²) in [6.45, 7) is 14.4. The fraction of sp³-hybridized carbons (Fsp3) is 0.379. The number of carbonyl (C=O) groups excluding carboxylic acids is 1. The zero-order valence-electron chi connectivity index (χ0n) is 22.1. The molecule has 0 amide bonds. The van der Waals surface area contributed by atoms with Crippen LogP contribution in [0.15, 0.2) is 52.3 Å². The van der Waals surface area contributed by atoms with Crippen LogP contribution in [0.3, 0.4) is 0 Å². The average Bonchev–Trinajstić information content (AvgIpc) is 2.83. The predicted molar refractivity (Wildman–Crippen MR) is 146 cm³/mol. The lowest BCUT2D eigenvalue weighted by atomic mass is 10.1. The van der Waals surface area contributed by atoms with Gasteiger partial charge in [-0.15, -0.1) is 0 Å². The zero-order chi connectivity index (χ0) is 26.5. The summed E-state index contributed by atoms with van der Waals surface area (Å²) < 4.78 is 5.30. The molecule has 3 aromatic rings. The van der Waals surface area contributed by atoms with Crippen molar-refractivity contribution in [1.29, 1.82) is 0 Å². The molecule has 1 aliphatic heterocycles. The van der Waals surface area contributed by atoms with Gasteiger partial charge in [0.25, 0.3) is 5.56 Å². The summed E-state index contributed by atoms with van der Waals surface area (Å²) in [7, 11) is 0. The minimum Gasteiger partial charge on any atom is -0.463 e. The van der Waals surface area contributed by atoms with E-state index in [2.05, 4.69) is 56.5 Å². The maximum atomic E-state index is 12.7. The summed E-state index contributed by atoms with van der Waals surface area (Å²) in [4.78, 5) is 41.1. The Labute approximate surface area is 217 Å². The molecule has 1 N–H and O–H groups in total. The summed E-state index contributed by atoms with van der Waals surface area (Å²) in [6, 6.07) is 14.4. The summed E-state index contributed by atoms with van der Waals surface area (Å²) in [5.74, 6) is 0.345. The van der Waals surface area contributed by atoms with Crippen LogP contribution in [0, 0.1) is 13.8 Å². The number of ether oxygens (including phenoxy) is 1. The highest BCUT2D eigenvalue weighted by atomic mass is 16.5. The average molecular weight is 502 g/mol. The molecule has 0 spiro atoms. The first-order valence-corrected chi connectivity index (χ1v) is 12.7. The number of H-pyrrole nitrogens is 1. The number of hydrogen-bond acceptors (Lipinski definition) is 7. The number of fused-ring (bicyclic) bond motifs is 2. The van der Waals surface area contributed by atoms with Crippen LogP contribution >= 0.6 is 0 Å². The molecule has 8 nitrogen and oxygen atoms in total. The second-order valence-electron chi connectivity index (χ2n) is 9.78. The number of aromatic nitrogens is 2. The van der Waals surface area contributed by atoms with Crippen molar-refractivity contribution in [1.82, 2.24) is 14.9 Å². The number of benzene rings is 2. The molecule has 194 valence electrons. The molecule has 0 fully saturated rings. The van der Waals surface area contributed by atoms with Crippen LogP contribution in [0.25, 0.3) is 6.58 Å². The fourth-order valence-corrected chi connectivity index (χ4v) is 4.46. The molecular formula is C29H35N5O3. The normalized spacial score (nSPS) is 12.3. The number of anilines is 2. The summed E-state index contributed by atoms with van der Waals surface area (Å²) in [6.07, 6.45) is 0.955. The van der Waals surface area contributed by atoms with E-state index in [9.17, 15) is 9.59 Å². The fourth-order valence-electron chi connectivity index (χ4n) is 4.46. The van der Waals surface area contributed by atoms with Crippen molar-refractivity contribution in [3.63, 3.8) is 0 Å². The van der Waals surface area contributed by atoms with E-state index in [0.29, 0.717) is 42.6 Å². The van der Waals surface area contributed by atoms with Gasteiger partial charge >= 0.3 is 5.97 Å². The van der Waals surface area contributed by atoms with E-state index in [-0.39, 0.29) is 17.6 Å². The molecule has 0 atom stereocenters. The summed E-state index contributed by atoms with van der Waals surface area (Å²) in [5.41, 5.74) is 5.14. The van der Waals surface area contributed by atoms with Gasteiger partial charge in [-0.05, 0) is 69.5 Å². The maximum absolute atomic E-state index is 12.7. The number of aromatic amines is 1. The van der Waals surface area contributed by atoms with E-state index in [4.69, 9.17) is 4.74 Å². The minimum atomic E-state index is -0.298. The highest BCUT2D eigenvalue weighted by molar-refractivity contribution is 5.77. The minimum absolute atomic E-state index is 0.113. The quantitative estimate of drug-likeness (QED) is 0.428. The molecular weight excluding hydrogens is 466 g/mol. The smallest absolute Gasteiger partial charge is 0.306 e. The molecule has 0 radical (unpaired) electrons. The molecule has 2 aromatic carbocycles. The Bertz CT molecular complexity index is 1430. The molecule has 1 aliphatic rings. The Kier molecular flexibility index (Phi) is 8.18. The van der Waals surface area contributed by atoms with E-state index >= 15 is 0 Å². The number of carbonyl (C=O) groups is 1. The second kappa shape index (κ2) is 11.5. The molecule has 0 bridgehead atoms. The number of rotatable bonds is 10. The number of hydrogen-bond donors (Lipinski definition) is 1. The third-order valence-electron chi connectivity index (χ3n) is 6.41. The number of esters is 1. The number of nitrogens with zero attached hydrogens (tertiary/aromatic N) is 4. The third kappa shape index (κ3) is 6.51. The highest BCUT2D eigenvalue weighted by Crippen LogP contribution is 2.36. The first-order valence-electron chi connectivity index (χ1n) is 12.7. The van der Waals surface area contributed by atoms with Gasteiger partial charge < -0.3 is 14.6 Å². The van der Waals surface area contributed by atoms with Crippen LogP contribution in [-0.2, 0) is 16.1 Å². The van der Waals surface area contributed by atoms with E-state index in [1.165, 1.54) is 5.56 Å². The van der Waals surface area contributed by atoms with Crippen molar-refractivity contribution in [2.45, 2.75) is 53.2 Å². The molecule has 0 aliphatic carbocycles. The molecule has 1 aromatic heterocycles. The molecule has 0 unspecified atom stereocenters. The largest absolute Gasteiger partial charge is 0.463 e. The lowest BCUT2D eigenvalue weighted by Crippen LogP contribution is -2.44. The first kappa shape index (κ1) is 26.3. The Hall–Kier alpha value is -3.78. The van der Waals surface area contributed by atoms with Crippen LogP contribution in [0.1, 0.15) is 43.4 Å². The Morgan fingerprint density at radius 3 is 2.59 bits per heavy atom. The van der Waals surface area contributed by atoms with E-state index in [1.54, 1.807) is 0 Å². The van der Waals surface area contributed by atoms with Gasteiger partial charge in [0, 0.05) is 26.1 Å². The van der Waals surface area contributed by atoms with Gasteiger partial charge in [0.05, 0.1) is 17.5 Å². The standard InChI is InChI=1S/C29H35N5O3/c1-19(2)37-26(35)12-9-13-33(18-23-10-7-6-8-11-23)14-15-34-25-17-21(4)20(3)16-24(25)32-27-28(34)30-22(5)31-29(27)36/h6-8,10-11,16-17,19H,5,9,12-15,18H2,1-4H3,(H,31,36). The van der Waals surface area contributed by atoms with E-state index in [0.717, 1.165) is 35.6 Å². The molecule has 0 saturated carbocycles. The Morgan fingerprint density at radius 1 is 1.14 bits per heavy atom. The monoisotopic (exact) mass is 501 g/mol. The van der Waals surface area contributed by atoms with Gasteiger partial charge in [0.15, 0.2) is 11.2 Å². The van der Waals surface area contributed by atoms with Crippen molar-refractivity contribution in [3.8, 4) is 0 Å². The first-order chi connectivity index (χ1) is 17.7. The van der Waals surface area contributed by atoms with E-state index < -0.39 is 0 Å². The second-order valence-corrected chi connectivity index (χ2v) is 9.78. The molecule has 2 heterocycles. The van der Waals surface area contributed by atoms with Crippen molar-refractivity contribution in [3.05, 3.63) is 80.3 Å². The Morgan fingerprint density at radius 2 is 1.86 bits per heavy atom. The van der Waals surface area contributed by atoms with Gasteiger partial charge in [-0.2, -0.15) is 0 Å². The van der Waals surface area contributed by atoms with Crippen LogP contribution in [0.4, 0.5) is 17.2 Å². The van der Waals surface area contributed by atoms with Gasteiger partial charge in [0.1, 0.15) is 5.48 Å². The van der Waals surface area contributed by atoms with Crippen LogP contribution in [0.2, 0.25) is 0 Å². The van der Waals surface area contributed by atoms with Crippen molar-refractivity contribution in [2.24, 2.45) is 4.99 Å². The van der Waals surface area contributed by atoms with Gasteiger partial charge in [0.2, 0.25) is 0 Å². The van der Waals surface area contributed by atoms with Crippen LogP contribution in [-0.4, -0.2) is 46.6 Å². The Balaban J connectivity index is 1.60. The highest BCUT2D eigenvalue weighted by Gasteiger charge is 2.24. The molecule has 0 saturated heterocycles. The van der Waals surface area contributed by atoms with Crippen LogP contribution in [0.5, 0.6) is 0 Å². The lowest BCUT2D eigenvalue weighted by molar-refractivity contribution is -0.147.